The van der Waals surface area contributed by atoms with E-state index in [0.29, 0.717) is 19.4 Å². The van der Waals surface area contributed by atoms with Crippen molar-refractivity contribution < 1.29 is 19.2 Å². The Morgan fingerprint density at radius 3 is 2.76 bits per heavy atom. The molecule has 0 aliphatic carbocycles. The first-order valence-corrected chi connectivity index (χ1v) is 10.6. The van der Waals surface area contributed by atoms with Crippen LogP contribution in [0, 0.1) is 5.92 Å². The molecule has 1 aliphatic heterocycles. The van der Waals surface area contributed by atoms with Crippen LogP contribution < -0.4 is 16.0 Å². The summed E-state index contributed by atoms with van der Waals surface area (Å²) in [5, 5.41) is 11.1. The molecular weight excluding hydrogens is 390 g/mol. The number of carbonyl (C=O) groups excluding carboxylic acids is 4. The number of nitrogens with one attached hydrogen (secondary N) is 3. The topological polar surface area (TPSA) is 104 Å². The third-order valence-electron chi connectivity index (χ3n) is 5.02. The molecular formula is C21H25N3O4S. The van der Waals surface area contributed by atoms with E-state index in [1.807, 2.05) is 32.0 Å². The monoisotopic (exact) mass is 415 g/mol. The Hall–Kier alpha value is -2.74. The lowest BCUT2D eigenvalue weighted by Crippen LogP contribution is -2.58. The first-order chi connectivity index (χ1) is 13.9. The number of carbonyl (C=O) groups is 4. The lowest BCUT2D eigenvalue weighted by atomic mass is 10.00. The van der Waals surface area contributed by atoms with Gasteiger partial charge in [0.15, 0.2) is 0 Å². The SMILES string of the molecule is CC(C)C(NC(=O)CCc1csc2ccccc12)C(=O)NC1CCNC(=O)C1=O. The summed E-state index contributed by atoms with van der Waals surface area (Å²) in [6, 6.07) is 6.45. The van der Waals surface area contributed by atoms with Crippen LogP contribution in [0.25, 0.3) is 10.1 Å². The summed E-state index contributed by atoms with van der Waals surface area (Å²) in [6.07, 6.45) is 1.20. The average Bonchev–Trinajstić information content (AvgIpc) is 3.11. The number of thiophene rings is 1. The van der Waals surface area contributed by atoms with Crippen LogP contribution in [0.15, 0.2) is 29.6 Å². The molecule has 0 radical (unpaired) electrons. The summed E-state index contributed by atoms with van der Waals surface area (Å²) in [7, 11) is 0. The Morgan fingerprint density at radius 1 is 1.24 bits per heavy atom. The predicted octanol–water partition coefficient (Wildman–Crippen LogP) is 1.55. The van der Waals surface area contributed by atoms with E-state index in [1.54, 1.807) is 11.3 Å². The number of hydrogen-bond donors (Lipinski definition) is 3. The van der Waals surface area contributed by atoms with Gasteiger partial charge in [-0.2, -0.15) is 0 Å². The molecule has 2 unspecified atom stereocenters. The molecule has 154 valence electrons. The molecule has 1 fully saturated rings. The fourth-order valence-electron chi connectivity index (χ4n) is 3.36. The summed E-state index contributed by atoms with van der Waals surface area (Å²) in [5.41, 5.74) is 1.12. The maximum absolute atomic E-state index is 12.6. The number of ketones is 1. The van der Waals surface area contributed by atoms with Crippen LogP contribution in [0.2, 0.25) is 0 Å². The van der Waals surface area contributed by atoms with Crippen molar-refractivity contribution in [1.29, 1.82) is 0 Å². The van der Waals surface area contributed by atoms with Gasteiger partial charge >= 0.3 is 0 Å². The lowest BCUT2D eigenvalue weighted by molar-refractivity contribution is -0.142. The average molecular weight is 416 g/mol. The standard InChI is InChI=1S/C21H25N3O4S/c1-12(2)18(20(27)23-15-9-10-22-21(28)19(15)26)24-17(25)8-7-13-11-29-16-6-4-3-5-14(13)16/h3-6,11-12,15,18H,7-10H2,1-2H3,(H,22,28)(H,23,27)(H,24,25). The maximum Gasteiger partial charge on any atom is 0.289 e. The van der Waals surface area contributed by atoms with Gasteiger partial charge in [0.2, 0.25) is 17.6 Å². The van der Waals surface area contributed by atoms with E-state index in [4.69, 9.17) is 0 Å². The Bertz CT molecular complexity index is 937. The number of rotatable bonds is 7. The second-order valence-corrected chi connectivity index (χ2v) is 8.43. The molecule has 3 amide bonds. The zero-order chi connectivity index (χ0) is 21.0. The minimum Gasteiger partial charge on any atom is -0.349 e. The zero-order valence-electron chi connectivity index (χ0n) is 16.5. The minimum absolute atomic E-state index is 0.159. The van der Waals surface area contributed by atoms with Crippen molar-refractivity contribution in [2.75, 3.05) is 6.54 Å². The van der Waals surface area contributed by atoms with E-state index in [1.165, 1.54) is 4.70 Å². The molecule has 1 aliphatic rings. The van der Waals surface area contributed by atoms with E-state index in [-0.39, 0.29) is 18.2 Å². The van der Waals surface area contributed by atoms with Crippen LogP contribution in [0.5, 0.6) is 0 Å². The van der Waals surface area contributed by atoms with Crippen molar-refractivity contribution in [3.05, 3.63) is 35.2 Å². The molecule has 7 nitrogen and oxygen atoms in total. The Kier molecular flexibility index (Phi) is 6.64. The van der Waals surface area contributed by atoms with E-state index in [2.05, 4.69) is 27.4 Å². The van der Waals surface area contributed by atoms with Crippen LogP contribution >= 0.6 is 11.3 Å². The molecule has 2 atom stereocenters. The first-order valence-electron chi connectivity index (χ1n) is 9.73. The zero-order valence-corrected chi connectivity index (χ0v) is 17.3. The smallest absolute Gasteiger partial charge is 0.289 e. The molecule has 1 aromatic heterocycles. The highest BCUT2D eigenvalue weighted by Crippen LogP contribution is 2.26. The summed E-state index contributed by atoms with van der Waals surface area (Å²) >= 11 is 1.65. The summed E-state index contributed by atoms with van der Waals surface area (Å²) in [5.74, 6) is -2.16. The van der Waals surface area contributed by atoms with Crippen molar-refractivity contribution in [2.24, 2.45) is 5.92 Å². The number of benzene rings is 1. The number of piperidine rings is 1. The maximum atomic E-state index is 12.6. The van der Waals surface area contributed by atoms with Crippen LogP contribution in [0.3, 0.4) is 0 Å². The molecule has 0 spiro atoms. The minimum atomic E-state index is -0.841. The predicted molar refractivity (Wildman–Crippen MR) is 111 cm³/mol. The molecule has 2 aromatic rings. The number of aryl methyl sites for hydroxylation is 1. The van der Waals surface area contributed by atoms with Crippen LogP contribution in [0.4, 0.5) is 0 Å². The third kappa shape index (κ3) is 5.00. The van der Waals surface area contributed by atoms with Gasteiger partial charge in [0.05, 0.1) is 6.04 Å². The summed E-state index contributed by atoms with van der Waals surface area (Å²) in [6.45, 7) is 3.99. The van der Waals surface area contributed by atoms with E-state index in [0.717, 1.165) is 10.9 Å². The summed E-state index contributed by atoms with van der Waals surface area (Å²) < 4.78 is 1.18. The van der Waals surface area contributed by atoms with Gasteiger partial charge in [-0.3, -0.25) is 19.2 Å². The second kappa shape index (κ2) is 9.17. The van der Waals surface area contributed by atoms with Gasteiger partial charge < -0.3 is 16.0 Å². The number of hydrogen-bond acceptors (Lipinski definition) is 5. The normalized spacial score (nSPS) is 17.8. The fourth-order valence-corrected chi connectivity index (χ4v) is 4.36. The van der Waals surface area contributed by atoms with Crippen LogP contribution in [-0.4, -0.2) is 42.1 Å². The van der Waals surface area contributed by atoms with Gasteiger partial charge in [-0.05, 0) is 41.2 Å². The first kappa shape index (κ1) is 21.0. The highest BCUT2D eigenvalue weighted by atomic mass is 32.1. The van der Waals surface area contributed by atoms with Crippen molar-refractivity contribution >= 4 is 44.9 Å². The molecule has 1 aromatic carbocycles. The van der Waals surface area contributed by atoms with E-state index < -0.39 is 29.7 Å². The Balaban J connectivity index is 1.57. The van der Waals surface area contributed by atoms with Crippen molar-refractivity contribution in [3.63, 3.8) is 0 Å². The number of fused-ring (bicyclic) bond motifs is 1. The van der Waals surface area contributed by atoms with Crippen LogP contribution in [-0.2, 0) is 25.6 Å². The molecule has 0 bridgehead atoms. The highest BCUT2D eigenvalue weighted by molar-refractivity contribution is 7.17. The summed E-state index contributed by atoms with van der Waals surface area (Å²) in [4.78, 5) is 48.5. The van der Waals surface area contributed by atoms with Gasteiger partial charge in [0.25, 0.3) is 5.91 Å². The molecule has 29 heavy (non-hydrogen) atoms. The molecule has 2 heterocycles. The van der Waals surface area contributed by atoms with Gasteiger partial charge in [-0.25, -0.2) is 0 Å². The largest absolute Gasteiger partial charge is 0.349 e. The van der Waals surface area contributed by atoms with Gasteiger partial charge in [-0.1, -0.05) is 32.0 Å². The second-order valence-electron chi connectivity index (χ2n) is 7.52. The van der Waals surface area contributed by atoms with E-state index in [9.17, 15) is 19.2 Å². The van der Waals surface area contributed by atoms with Crippen LogP contribution in [0.1, 0.15) is 32.3 Å². The Labute approximate surface area is 173 Å². The fraction of sp³-hybridized carbons (Fsp3) is 0.429. The molecule has 3 rings (SSSR count). The molecule has 0 saturated carbocycles. The van der Waals surface area contributed by atoms with Gasteiger partial charge in [0.1, 0.15) is 6.04 Å². The van der Waals surface area contributed by atoms with Gasteiger partial charge in [-0.15, -0.1) is 11.3 Å². The van der Waals surface area contributed by atoms with Crippen molar-refractivity contribution in [3.8, 4) is 0 Å². The van der Waals surface area contributed by atoms with Gasteiger partial charge in [0, 0.05) is 17.7 Å². The highest BCUT2D eigenvalue weighted by Gasteiger charge is 2.33. The Morgan fingerprint density at radius 2 is 2.00 bits per heavy atom. The van der Waals surface area contributed by atoms with Crippen molar-refractivity contribution in [1.82, 2.24) is 16.0 Å². The van der Waals surface area contributed by atoms with Crippen molar-refractivity contribution in [2.45, 2.75) is 45.2 Å². The number of Topliss-reactive ketones (excluding diaryl/α,β-unsaturated/α-hetero) is 1. The third-order valence-corrected chi connectivity index (χ3v) is 6.04. The molecule has 3 N–H and O–H groups in total. The lowest BCUT2D eigenvalue weighted by Gasteiger charge is -2.26. The van der Waals surface area contributed by atoms with E-state index >= 15 is 0 Å². The number of amides is 3. The molecule has 8 heteroatoms. The quantitative estimate of drug-likeness (QED) is 0.597. The molecule has 1 saturated heterocycles.